The second-order valence-corrected chi connectivity index (χ2v) is 18.3. The van der Waals surface area contributed by atoms with Crippen molar-refractivity contribution in [1.29, 1.82) is 0 Å². The maximum Gasteiger partial charge on any atom is 0.330 e. The van der Waals surface area contributed by atoms with Gasteiger partial charge in [-0.2, -0.15) is 0 Å². The van der Waals surface area contributed by atoms with Gasteiger partial charge in [0.25, 0.3) is 19.8 Å². The fraction of sp³-hybridized carbons (Fsp3) is 0.438. The van der Waals surface area contributed by atoms with Gasteiger partial charge in [0.15, 0.2) is 0 Å². The van der Waals surface area contributed by atoms with E-state index in [0.29, 0.717) is 44.8 Å². The minimum atomic E-state index is -2.31. The summed E-state index contributed by atoms with van der Waals surface area (Å²) < 4.78 is 9.10. The highest BCUT2D eigenvalue weighted by Crippen LogP contribution is 2.44. The molecule has 0 bridgehead atoms. The Morgan fingerprint density at radius 2 is 1.41 bits per heavy atom. The molecule has 0 aliphatic carbocycles. The van der Waals surface area contributed by atoms with E-state index in [-0.39, 0.29) is 22.0 Å². The van der Waals surface area contributed by atoms with Gasteiger partial charge in [0.05, 0.1) is 21.2 Å². The van der Waals surface area contributed by atoms with Gasteiger partial charge in [-0.25, -0.2) is 9.59 Å². The number of rotatable bonds is 11. The molecule has 1 heterocycles. The zero-order chi connectivity index (χ0) is 33.3. The van der Waals surface area contributed by atoms with E-state index in [9.17, 15) is 24.3 Å². The number of nitrogens with zero attached hydrogens (tertiary/aromatic N) is 2. The summed E-state index contributed by atoms with van der Waals surface area (Å²) in [6.45, 7) is 14.6. The molecule has 2 N–H and O–H groups in total. The molecule has 0 spiro atoms. The molecule has 0 fully saturated rings. The van der Waals surface area contributed by atoms with Crippen molar-refractivity contribution in [3.63, 3.8) is 0 Å². The van der Waals surface area contributed by atoms with Crippen LogP contribution in [-0.4, -0.2) is 40.5 Å². The third kappa shape index (κ3) is 6.82. The molecule has 44 heavy (non-hydrogen) atoms. The molecule has 1 atom stereocenters. The zero-order valence-corrected chi connectivity index (χ0v) is 29.1. The summed E-state index contributed by atoms with van der Waals surface area (Å²) in [6.07, 6.45) is -0.0344. The monoisotopic (exact) mass is 661 g/mol. The van der Waals surface area contributed by atoms with Crippen LogP contribution in [0.2, 0.25) is 26.7 Å². The van der Waals surface area contributed by atoms with Crippen LogP contribution >= 0.6 is 23.2 Å². The average molecular weight is 663 g/mol. The first kappa shape index (κ1) is 35.1. The number of nitrogens with one attached hydrogen (secondary N) is 1. The molecule has 3 aromatic rings. The molecule has 3 rings (SSSR count). The van der Waals surface area contributed by atoms with Crippen LogP contribution in [0.4, 0.5) is 0 Å². The van der Waals surface area contributed by atoms with Crippen molar-refractivity contribution < 1.29 is 19.1 Å². The maximum absolute atomic E-state index is 13.3. The number of carbonyl (C=O) groups excluding carboxylic acids is 1. The fourth-order valence-corrected chi connectivity index (χ4v) is 12.0. The van der Waals surface area contributed by atoms with Crippen molar-refractivity contribution in [2.24, 2.45) is 14.1 Å². The molecular weight excluding hydrogens is 621 g/mol. The van der Waals surface area contributed by atoms with Gasteiger partial charge in [-0.05, 0) is 46.8 Å². The Balaban J connectivity index is 1.86. The van der Waals surface area contributed by atoms with E-state index in [1.807, 2.05) is 0 Å². The first-order chi connectivity index (χ1) is 20.4. The SMILES string of the molecule is Cc1c(-c2ccc(C[C@H](NC(=O)c3c(Cl)cc(O[Si](C(C)C)(C(C)C)C(C)C)cc3Cl)C(=O)O)cc2)c(=O)n(C)c(=O)n1C. The molecule has 2 aromatic carbocycles. The second kappa shape index (κ2) is 13.7. The van der Waals surface area contributed by atoms with Crippen molar-refractivity contribution in [3.8, 4) is 16.9 Å². The molecule has 12 heteroatoms. The number of hydrogen-bond acceptors (Lipinski definition) is 5. The predicted octanol–water partition coefficient (Wildman–Crippen LogP) is 6.35. The van der Waals surface area contributed by atoms with Gasteiger partial charge in [-0.1, -0.05) is 89.0 Å². The summed E-state index contributed by atoms with van der Waals surface area (Å²) in [4.78, 5) is 50.5. The number of aliphatic carboxylic acids is 1. The lowest BCUT2D eigenvalue weighted by atomic mass is 10.00. The number of halogens is 2. The maximum atomic E-state index is 13.3. The number of amides is 1. The van der Waals surface area contributed by atoms with Crippen LogP contribution in [0.25, 0.3) is 11.1 Å². The van der Waals surface area contributed by atoms with Crippen LogP contribution in [0.5, 0.6) is 5.75 Å². The highest BCUT2D eigenvalue weighted by atomic mass is 35.5. The van der Waals surface area contributed by atoms with E-state index in [2.05, 4.69) is 46.9 Å². The van der Waals surface area contributed by atoms with Crippen molar-refractivity contribution in [2.45, 2.75) is 77.6 Å². The summed E-state index contributed by atoms with van der Waals surface area (Å²) >= 11 is 13.1. The molecule has 0 aliphatic heterocycles. The number of hydrogen-bond donors (Lipinski definition) is 2. The van der Waals surface area contributed by atoms with Gasteiger partial charge in [-0.3, -0.25) is 14.2 Å². The van der Waals surface area contributed by atoms with Crippen LogP contribution in [0.15, 0.2) is 46.0 Å². The van der Waals surface area contributed by atoms with Crippen molar-refractivity contribution >= 4 is 43.4 Å². The molecular formula is C32H41Cl2N3O6Si. The second-order valence-electron chi connectivity index (χ2n) is 12.1. The average Bonchev–Trinajstić information content (AvgIpc) is 2.93. The number of carboxylic acid groups (broad SMARTS) is 1. The van der Waals surface area contributed by atoms with Gasteiger partial charge in [-0.15, -0.1) is 0 Å². The van der Waals surface area contributed by atoms with Gasteiger partial charge in [0, 0.05) is 26.2 Å². The molecule has 1 amide bonds. The van der Waals surface area contributed by atoms with Crippen LogP contribution in [0.3, 0.4) is 0 Å². The molecule has 0 radical (unpaired) electrons. The Bertz CT molecular complexity index is 1630. The summed E-state index contributed by atoms with van der Waals surface area (Å²) in [5.41, 5.74) is 2.12. The summed E-state index contributed by atoms with van der Waals surface area (Å²) in [5, 5.41) is 12.6. The lowest BCUT2D eigenvalue weighted by Gasteiger charge is -2.42. The smallest absolute Gasteiger partial charge is 0.330 e. The molecule has 0 unspecified atom stereocenters. The minimum absolute atomic E-state index is 0.0331. The van der Waals surface area contributed by atoms with Gasteiger partial charge < -0.3 is 19.4 Å². The number of benzene rings is 2. The van der Waals surface area contributed by atoms with Gasteiger partial charge in [0.1, 0.15) is 11.8 Å². The Labute approximate surface area is 268 Å². The molecule has 9 nitrogen and oxygen atoms in total. The number of aromatic nitrogens is 2. The number of carbonyl (C=O) groups is 2. The quantitative estimate of drug-likeness (QED) is 0.231. The third-order valence-corrected chi connectivity index (χ3v) is 15.1. The highest BCUT2D eigenvalue weighted by Gasteiger charge is 2.47. The third-order valence-electron chi connectivity index (χ3n) is 8.49. The Kier molecular flexibility index (Phi) is 11.0. The van der Waals surface area contributed by atoms with Crippen LogP contribution in [0, 0.1) is 6.92 Å². The number of carboxylic acids is 1. The topological polar surface area (TPSA) is 120 Å². The first-order valence-corrected chi connectivity index (χ1v) is 17.4. The fourth-order valence-electron chi connectivity index (χ4n) is 6.13. The largest absolute Gasteiger partial charge is 0.543 e. The van der Waals surface area contributed by atoms with E-state index < -0.39 is 37.5 Å². The summed E-state index contributed by atoms with van der Waals surface area (Å²) in [7, 11) is 0.692. The van der Waals surface area contributed by atoms with E-state index in [4.69, 9.17) is 27.6 Å². The normalized spacial score (nSPS) is 12.6. The Morgan fingerprint density at radius 1 is 0.909 bits per heavy atom. The highest BCUT2D eigenvalue weighted by molar-refractivity contribution is 6.78. The van der Waals surface area contributed by atoms with Crippen molar-refractivity contribution in [3.05, 3.63) is 84.1 Å². The zero-order valence-electron chi connectivity index (χ0n) is 26.6. The molecule has 0 saturated carbocycles. The molecule has 0 aliphatic rings. The molecule has 1 aromatic heterocycles. The molecule has 0 saturated heterocycles. The van der Waals surface area contributed by atoms with Crippen molar-refractivity contribution in [1.82, 2.24) is 14.5 Å². The van der Waals surface area contributed by atoms with Crippen molar-refractivity contribution in [2.75, 3.05) is 0 Å². The van der Waals surface area contributed by atoms with Crippen LogP contribution < -0.4 is 21.0 Å². The Morgan fingerprint density at radius 3 is 1.86 bits per heavy atom. The van der Waals surface area contributed by atoms with Gasteiger partial charge >= 0.3 is 11.7 Å². The lowest BCUT2D eigenvalue weighted by molar-refractivity contribution is -0.139. The lowest BCUT2D eigenvalue weighted by Crippen LogP contribution is -2.50. The van der Waals surface area contributed by atoms with Crippen LogP contribution in [0.1, 0.15) is 63.2 Å². The summed E-state index contributed by atoms with van der Waals surface area (Å²) in [5.74, 6) is -1.48. The van der Waals surface area contributed by atoms with Crippen LogP contribution in [-0.2, 0) is 25.3 Å². The van der Waals surface area contributed by atoms with E-state index in [1.54, 1.807) is 50.4 Å². The Hall–Kier alpha value is -3.34. The minimum Gasteiger partial charge on any atom is -0.543 e. The summed E-state index contributed by atoms with van der Waals surface area (Å²) in [6, 6.07) is 8.58. The van der Waals surface area contributed by atoms with E-state index in [0.717, 1.165) is 4.57 Å². The van der Waals surface area contributed by atoms with Gasteiger partial charge in [0.2, 0.25) is 0 Å². The predicted molar refractivity (Wildman–Crippen MR) is 178 cm³/mol. The standard InChI is InChI=1S/C32H41Cl2N3O6Si/c1-17(2)44(18(3)4,19(5)6)43-23-15-24(33)28(25(34)16-23)29(38)35-26(31(40)41)14-21-10-12-22(13-11-21)27-20(7)36(8)32(42)37(9)30(27)39/h10-13,15-19,26H,14H2,1-9H3,(H,35,38)(H,40,41)/t26-/m0/s1. The van der Waals surface area contributed by atoms with E-state index in [1.165, 1.54) is 11.6 Å². The molecule has 238 valence electrons. The first-order valence-electron chi connectivity index (χ1n) is 14.5. The van der Waals surface area contributed by atoms with E-state index >= 15 is 0 Å².